The number of carbonyl (C=O) groups excluding carboxylic acids is 1. The van der Waals surface area contributed by atoms with Crippen molar-refractivity contribution in [3.8, 4) is 5.75 Å². The maximum absolute atomic E-state index is 11.0. The van der Waals surface area contributed by atoms with Gasteiger partial charge in [0.2, 0.25) is 0 Å². The van der Waals surface area contributed by atoms with Crippen LogP contribution in [0.25, 0.3) is 0 Å². The van der Waals surface area contributed by atoms with E-state index in [9.17, 15) is 4.79 Å². The van der Waals surface area contributed by atoms with Crippen molar-refractivity contribution in [2.75, 3.05) is 19.1 Å². The molecule has 0 saturated heterocycles. The van der Waals surface area contributed by atoms with Gasteiger partial charge in [0, 0.05) is 7.05 Å². The van der Waals surface area contributed by atoms with E-state index < -0.39 is 6.03 Å². The number of hydrogen-bond acceptors (Lipinski definition) is 2. The van der Waals surface area contributed by atoms with E-state index in [2.05, 4.69) is 6.92 Å². The van der Waals surface area contributed by atoms with E-state index in [-0.39, 0.29) is 0 Å². The van der Waals surface area contributed by atoms with Crippen LogP contribution in [0.3, 0.4) is 0 Å². The number of hydrogen-bond donors (Lipinski definition) is 1. The van der Waals surface area contributed by atoms with E-state index in [0.29, 0.717) is 17.0 Å². The summed E-state index contributed by atoms with van der Waals surface area (Å²) in [6.45, 7) is 3.80. The number of para-hydroxylation sites is 1. The standard InChI is InChI=1S/C10H13N2O2/c1-7-5-4-6-8(14-3)9(7)12(2)10(11)13/h4-6H,1H2,2-3H3,(H2,11,13). The van der Waals surface area contributed by atoms with Crippen molar-refractivity contribution < 1.29 is 9.53 Å². The SMILES string of the molecule is [CH2]c1cccc(OC)c1N(C)C(N)=O. The molecule has 0 aliphatic rings. The molecule has 2 N–H and O–H groups in total. The van der Waals surface area contributed by atoms with E-state index in [1.54, 1.807) is 25.2 Å². The third-order valence-corrected chi connectivity index (χ3v) is 1.97. The van der Waals surface area contributed by atoms with E-state index >= 15 is 0 Å². The first kappa shape index (κ1) is 10.4. The summed E-state index contributed by atoms with van der Waals surface area (Å²) in [5.74, 6) is 0.582. The summed E-state index contributed by atoms with van der Waals surface area (Å²) in [5, 5.41) is 0. The molecule has 0 saturated carbocycles. The van der Waals surface area contributed by atoms with Gasteiger partial charge in [0.15, 0.2) is 0 Å². The summed E-state index contributed by atoms with van der Waals surface area (Å²) in [4.78, 5) is 12.3. The van der Waals surface area contributed by atoms with E-state index in [4.69, 9.17) is 10.5 Å². The molecule has 1 rings (SSSR count). The molecule has 4 nitrogen and oxygen atoms in total. The van der Waals surface area contributed by atoms with Crippen LogP contribution in [-0.4, -0.2) is 20.2 Å². The van der Waals surface area contributed by atoms with Crippen molar-refractivity contribution in [2.24, 2.45) is 5.73 Å². The Morgan fingerprint density at radius 3 is 2.71 bits per heavy atom. The predicted octanol–water partition coefficient (Wildman–Crippen LogP) is 1.39. The minimum absolute atomic E-state index is 0.542. The molecule has 0 spiro atoms. The quantitative estimate of drug-likeness (QED) is 0.771. The Morgan fingerprint density at radius 1 is 1.57 bits per heavy atom. The molecule has 1 radical (unpaired) electrons. The van der Waals surface area contributed by atoms with Gasteiger partial charge < -0.3 is 10.5 Å². The Morgan fingerprint density at radius 2 is 2.21 bits per heavy atom. The zero-order chi connectivity index (χ0) is 10.7. The van der Waals surface area contributed by atoms with Crippen molar-refractivity contribution in [2.45, 2.75) is 0 Å². The lowest BCUT2D eigenvalue weighted by Crippen LogP contribution is -2.32. The van der Waals surface area contributed by atoms with E-state index in [1.807, 2.05) is 0 Å². The smallest absolute Gasteiger partial charge is 0.319 e. The third-order valence-electron chi connectivity index (χ3n) is 1.97. The molecule has 1 aromatic rings. The lowest BCUT2D eigenvalue weighted by Gasteiger charge is -2.19. The van der Waals surface area contributed by atoms with E-state index in [1.165, 1.54) is 12.0 Å². The monoisotopic (exact) mass is 193 g/mol. The van der Waals surface area contributed by atoms with Crippen molar-refractivity contribution in [1.29, 1.82) is 0 Å². The Kier molecular flexibility index (Phi) is 2.96. The Bertz CT molecular complexity index is 350. The summed E-state index contributed by atoms with van der Waals surface area (Å²) in [5.41, 5.74) is 6.46. The molecule has 4 heteroatoms. The Hall–Kier alpha value is -1.71. The topological polar surface area (TPSA) is 55.6 Å². The molecule has 2 amide bonds. The summed E-state index contributed by atoms with van der Waals surface area (Å²) < 4.78 is 5.11. The van der Waals surface area contributed by atoms with Gasteiger partial charge in [-0.05, 0) is 18.6 Å². The normalized spacial score (nSPS) is 9.64. The highest BCUT2D eigenvalue weighted by molar-refractivity contribution is 5.93. The average Bonchev–Trinajstić information content (AvgIpc) is 2.16. The fraction of sp³-hybridized carbons (Fsp3) is 0.200. The maximum Gasteiger partial charge on any atom is 0.319 e. The average molecular weight is 193 g/mol. The highest BCUT2D eigenvalue weighted by atomic mass is 16.5. The van der Waals surface area contributed by atoms with Gasteiger partial charge in [-0.1, -0.05) is 12.1 Å². The summed E-state index contributed by atoms with van der Waals surface area (Å²) >= 11 is 0. The number of ether oxygens (including phenoxy) is 1. The van der Waals surface area contributed by atoms with Crippen LogP contribution in [0.4, 0.5) is 10.5 Å². The Balaban J connectivity index is 3.23. The fourth-order valence-electron chi connectivity index (χ4n) is 1.22. The van der Waals surface area contributed by atoms with Gasteiger partial charge in [-0.25, -0.2) is 4.79 Å². The first-order chi connectivity index (χ1) is 6.57. The molecule has 0 atom stereocenters. The second-order valence-electron chi connectivity index (χ2n) is 2.87. The summed E-state index contributed by atoms with van der Waals surface area (Å²) in [6.07, 6.45) is 0. The van der Waals surface area contributed by atoms with Gasteiger partial charge in [0.1, 0.15) is 5.75 Å². The minimum Gasteiger partial charge on any atom is -0.495 e. The number of carbonyl (C=O) groups is 1. The molecule has 0 aliphatic carbocycles. The fourth-order valence-corrected chi connectivity index (χ4v) is 1.22. The lowest BCUT2D eigenvalue weighted by atomic mass is 10.1. The number of benzene rings is 1. The van der Waals surface area contributed by atoms with Gasteiger partial charge >= 0.3 is 6.03 Å². The van der Waals surface area contributed by atoms with Crippen LogP contribution in [0.1, 0.15) is 5.56 Å². The van der Waals surface area contributed by atoms with Crippen molar-refractivity contribution in [3.63, 3.8) is 0 Å². The molecule has 0 aromatic heterocycles. The van der Waals surface area contributed by atoms with E-state index in [0.717, 1.165) is 0 Å². The van der Waals surface area contributed by atoms with Gasteiger partial charge in [-0.15, -0.1) is 0 Å². The number of nitrogens with zero attached hydrogens (tertiary/aromatic N) is 1. The van der Waals surface area contributed by atoms with Crippen molar-refractivity contribution in [1.82, 2.24) is 0 Å². The molecule has 14 heavy (non-hydrogen) atoms. The second kappa shape index (κ2) is 4.00. The van der Waals surface area contributed by atoms with Crippen LogP contribution in [0.15, 0.2) is 18.2 Å². The molecule has 0 unspecified atom stereocenters. The summed E-state index contributed by atoms with van der Waals surface area (Å²) in [7, 11) is 3.11. The van der Waals surface area contributed by atoms with Crippen molar-refractivity contribution >= 4 is 11.7 Å². The van der Waals surface area contributed by atoms with Crippen LogP contribution >= 0.6 is 0 Å². The highest BCUT2D eigenvalue weighted by Gasteiger charge is 2.14. The lowest BCUT2D eigenvalue weighted by molar-refractivity contribution is 0.255. The number of amides is 2. The van der Waals surface area contributed by atoms with Crippen molar-refractivity contribution in [3.05, 3.63) is 30.7 Å². The number of methoxy groups -OCH3 is 1. The van der Waals surface area contributed by atoms with Gasteiger partial charge in [0.25, 0.3) is 0 Å². The molecule has 1 aromatic carbocycles. The van der Waals surface area contributed by atoms with Gasteiger partial charge in [-0.3, -0.25) is 4.90 Å². The van der Waals surface area contributed by atoms with Crippen LogP contribution in [0.2, 0.25) is 0 Å². The molecular formula is C10H13N2O2. The molecule has 0 bridgehead atoms. The Labute approximate surface area is 83.3 Å². The zero-order valence-electron chi connectivity index (χ0n) is 8.28. The van der Waals surface area contributed by atoms with Crippen LogP contribution in [0, 0.1) is 6.92 Å². The van der Waals surface area contributed by atoms with Gasteiger partial charge in [0.05, 0.1) is 12.8 Å². The third kappa shape index (κ3) is 1.79. The van der Waals surface area contributed by atoms with Crippen LogP contribution in [-0.2, 0) is 0 Å². The number of rotatable bonds is 2. The largest absolute Gasteiger partial charge is 0.495 e. The van der Waals surface area contributed by atoms with Gasteiger partial charge in [-0.2, -0.15) is 0 Å². The first-order valence-corrected chi connectivity index (χ1v) is 4.10. The first-order valence-electron chi connectivity index (χ1n) is 4.10. The van der Waals surface area contributed by atoms with Crippen LogP contribution in [0.5, 0.6) is 5.75 Å². The minimum atomic E-state index is -0.542. The predicted molar refractivity (Wildman–Crippen MR) is 55.4 cm³/mol. The van der Waals surface area contributed by atoms with Crippen LogP contribution < -0.4 is 15.4 Å². The number of urea groups is 1. The molecule has 75 valence electrons. The highest BCUT2D eigenvalue weighted by Crippen LogP contribution is 2.30. The number of nitrogens with two attached hydrogens (primary N) is 1. The number of anilines is 1. The summed E-state index contributed by atoms with van der Waals surface area (Å²) in [6, 6.07) is 4.81. The molecular weight excluding hydrogens is 180 g/mol. The zero-order valence-corrected chi connectivity index (χ0v) is 8.28. The molecule has 0 heterocycles. The number of primary amides is 1. The maximum atomic E-state index is 11.0. The molecule has 0 aliphatic heterocycles. The molecule has 0 fully saturated rings. The second-order valence-corrected chi connectivity index (χ2v) is 2.87.